The van der Waals surface area contributed by atoms with Gasteiger partial charge >= 0.3 is 5.97 Å². The number of halogens is 1. The molecule has 0 amide bonds. The van der Waals surface area contributed by atoms with Crippen molar-refractivity contribution in [1.29, 1.82) is 5.41 Å². The molecule has 0 unspecified atom stereocenters. The zero-order valence-electron chi connectivity index (χ0n) is 18.8. The summed E-state index contributed by atoms with van der Waals surface area (Å²) in [6, 6.07) is 4.71. The summed E-state index contributed by atoms with van der Waals surface area (Å²) in [5.74, 6) is -1.13. The monoisotopic (exact) mass is 505 g/mol. The molecule has 1 aromatic carbocycles. The van der Waals surface area contributed by atoms with E-state index in [0.717, 1.165) is 12.0 Å². The topological polar surface area (TPSA) is 164 Å². The van der Waals surface area contributed by atoms with Crippen LogP contribution in [0.15, 0.2) is 35.7 Å². The summed E-state index contributed by atoms with van der Waals surface area (Å²) in [5, 5.41) is 11.2. The van der Waals surface area contributed by atoms with Crippen LogP contribution in [0.5, 0.6) is 0 Å². The lowest BCUT2D eigenvalue weighted by Gasteiger charge is -2.36. The van der Waals surface area contributed by atoms with Crippen molar-refractivity contribution < 1.29 is 27.2 Å². The number of anilines is 1. The number of aromatic nitrogens is 2. The number of esters is 1. The molecule has 3 N–H and O–H groups in total. The largest absolute Gasteiger partial charge is 0.460 e. The summed E-state index contributed by atoms with van der Waals surface area (Å²) >= 11 is 0. The van der Waals surface area contributed by atoms with Crippen molar-refractivity contribution in [2.24, 2.45) is 10.9 Å². The number of nitrogens with one attached hydrogen (secondary N) is 1. The molecule has 3 heterocycles. The van der Waals surface area contributed by atoms with E-state index in [0.29, 0.717) is 37.7 Å². The number of ether oxygens (including phenoxy) is 1. The van der Waals surface area contributed by atoms with E-state index in [-0.39, 0.29) is 36.1 Å². The molecule has 2 aliphatic rings. The van der Waals surface area contributed by atoms with Gasteiger partial charge in [0.1, 0.15) is 24.7 Å². The standard InChI is InChI=1S/C21H24FN7O5S/c1-35(31,32)29-10-16(11-29)34-27-15-8-28(9-15)21-25-6-14(7-26-21)17-4-2-3-13(20(17)22)12-33-19(30)5-18(23)24/h2-4,6-7,16H,5,8-12H2,1H3,(H3,23,24). The molecule has 2 aromatic rings. The van der Waals surface area contributed by atoms with Crippen LogP contribution in [-0.4, -0.2) is 78.7 Å². The second kappa shape index (κ2) is 9.92. The van der Waals surface area contributed by atoms with Gasteiger partial charge in [-0.2, -0.15) is 4.31 Å². The van der Waals surface area contributed by atoms with E-state index in [2.05, 4.69) is 15.1 Å². The summed E-state index contributed by atoms with van der Waals surface area (Å²) in [6.07, 6.45) is 3.57. The van der Waals surface area contributed by atoms with Gasteiger partial charge in [-0.1, -0.05) is 23.4 Å². The minimum atomic E-state index is -3.19. The zero-order chi connectivity index (χ0) is 25.2. The van der Waals surface area contributed by atoms with Crippen LogP contribution >= 0.6 is 0 Å². The minimum absolute atomic E-state index is 0.179. The highest BCUT2D eigenvalue weighted by atomic mass is 32.2. The highest BCUT2D eigenvalue weighted by Crippen LogP contribution is 2.26. The Hall–Kier alpha value is -3.65. The molecule has 0 aliphatic carbocycles. The highest BCUT2D eigenvalue weighted by Gasteiger charge is 2.35. The van der Waals surface area contributed by atoms with Gasteiger partial charge in [0.25, 0.3) is 0 Å². The maximum absolute atomic E-state index is 14.9. The molecule has 0 bridgehead atoms. The molecule has 14 heteroatoms. The lowest BCUT2D eigenvalue weighted by molar-refractivity contribution is -0.143. The molecule has 2 aliphatic heterocycles. The van der Waals surface area contributed by atoms with Crippen LogP contribution < -0.4 is 10.6 Å². The second-order valence-electron chi connectivity index (χ2n) is 8.23. The second-order valence-corrected chi connectivity index (χ2v) is 10.2. The maximum Gasteiger partial charge on any atom is 0.313 e. The molecular weight excluding hydrogens is 481 g/mol. The van der Waals surface area contributed by atoms with Crippen LogP contribution in [-0.2, 0) is 31.0 Å². The number of nitrogens with zero attached hydrogens (tertiary/aromatic N) is 5. The van der Waals surface area contributed by atoms with E-state index < -0.39 is 21.8 Å². The highest BCUT2D eigenvalue weighted by molar-refractivity contribution is 7.88. The molecule has 4 rings (SSSR count). The summed E-state index contributed by atoms with van der Waals surface area (Å²) < 4.78 is 44.0. The minimum Gasteiger partial charge on any atom is -0.460 e. The molecular formula is C21H24FN7O5S. The van der Waals surface area contributed by atoms with E-state index in [1.54, 1.807) is 12.1 Å². The average Bonchev–Trinajstić information content (AvgIpc) is 2.72. The van der Waals surface area contributed by atoms with Gasteiger partial charge in [-0.3, -0.25) is 10.2 Å². The van der Waals surface area contributed by atoms with Gasteiger partial charge in [0.2, 0.25) is 16.0 Å². The Morgan fingerprint density at radius 3 is 2.60 bits per heavy atom. The van der Waals surface area contributed by atoms with Crippen LogP contribution in [0.3, 0.4) is 0 Å². The average molecular weight is 506 g/mol. The number of hydrogen-bond acceptors (Lipinski definition) is 10. The number of carbonyl (C=O) groups excluding carboxylic acids is 1. The Bertz CT molecular complexity index is 1260. The molecule has 2 saturated heterocycles. The number of rotatable bonds is 9. The predicted octanol–water partition coefficient (Wildman–Crippen LogP) is 0.488. The molecule has 186 valence electrons. The lowest BCUT2D eigenvalue weighted by atomic mass is 10.1. The third-order valence-electron chi connectivity index (χ3n) is 5.40. The van der Waals surface area contributed by atoms with Gasteiger partial charge in [0.15, 0.2) is 6.10 Å². The van der Waals surface area contributed by atoms with Crippen molar-refractivity contribution in [3.8, 4) is 11.1 Å². The fourth-order valence-electron chi connectivity index (χ4n) is 3.38. The van der Waals surface area contributed by atoms with Gasteiger partial charge in [-0.25, -0.2) is 22.8 Å². The van der Waals surface area contributed by atoms with Gasteiger partial charge in [-0.05, 0) is 0 Å². The molecule has 0 radical (unpaired) electrons. The van der Waals surface area contributed by atoms with Crippen LogP contribution in [0.25, 0.3) is 11.1 Å². The predicted molar refractivity (Wildman–Crippen MR) is 125 cm³/mol. The normalized spacial score (nSPS) is 16.3. The Morgan fingerprint density at radius 2 is 1.97 bits per heavy atom. The van der Waals surface area contributed by atoms with E-state index in [9.17, 15) is 17.6 Å². The zero-order valence-corrected chi connectivity index (χ0v) is 19.7. The number of nitrogens with two attached hydrogens (primary N) is 1. The number of amidine groups is 1. The van der Waals surface area contributed by atoms with Gasteiger partial charge < -0.3 is 20.2 Å². The van der Waals surface area contributed by atoms with Gasteiger partial charge in [0.05, 0.1) is 38.1 Å². The van der Waals surface area contributed by atoms with E-state index >= 15 is 0 Å². The Kier molecular flexibility index (Phi) is 6.93. The van der Waals surface area contributed by atoms with Crippen molar-refractivity contribution in [1.82, 2.24) is 14.3 Å². The molecule has 1 aromatic heterocycles. The van der Waals surface area contributed by atoms with Crippen molar-refractivity contribution in [3.63, 3.8) is 0 Å². The Labute approximate surface area is 201 Å². The molecule has 0 saturated carbocycles. The third-order valence-corrected chi connectivity index (χ3v) is 6.63. The SMILES string of the molecule is CS(=O)(=O)N1CC(ON=C2CN(c3ncc(-c4cccc(COC(=O)CC(=N)N)c4F)cn3)C2)C1. The molecule has 0 spiro atoms. The quantitative estimate of drug-likeness (QED) is 0.213. The first kappa shape index (κ1) is 24.5. The number of carbonyl (C=O) groups is 1. The van der Waals surface area contributed by atoms with E-state index in [1.165, 1.54) is 22.8 Å². The molecule has 35 heavy (non-hydrogen) atoms. The van der Waals surface area contributed by atoms with Crippen LogP contribution in [0, 0.1) is 11.2 Å². The fourth-order valence-corrected chi connectivity index (χ4v) is 4.26. The number of oxime groups is 1. The van der Waals surface area contributed by atoms with Gasteiger partial charge in [0, 0.05) is 29.1 Å². The van der Waals surface area contributed by atoms with Crippen LogP contribution in [0.2, 0.25) is 0 Å². The van der Waals surface area contributed by atoms with Crippen molar-refractivity contribution in [2.75, 3.05) is 37.3 Å². The Morgan fingerprint density at radius 1 is 1.29 bits per heavy atom. The van der Waals surface area contributed by atoms with Crippen molar-refractivity contribution in [2.45, 2.75) is 19.1 Å². The lowest BCUT2D eigenvalue weighted by Crippen LogP contribution is -2.54. The first-order valence-electron chi connectivity index (χ1n) is 10.6. The van der Waals surface area contributed by atoms with Crippen LogP contribution in [0.4, 0.5) is 10.3 Å². The van der Waals surface area contributed by atoms with E-state index in [4.69, 9.17) is 20.7 Å². The summed E-state index contributed by atoms with van der Waals surface area (Å²) in [5.41, 5.74) is 6.85. The van der Waals surface area contributed by atoms with E-state index in [1.807, 2.05) is 4.90 Å². The summed E-state index contributed by atoms with van der Waals surface area (Å²) in [6.45, 7) is 1.25. The molecule has 0 atom stereocenters. The summed E-state index contributed by atoms with van der Waals surface area (Å²) in [7, 11) is -3.19. The number of benzene rings is 1. The van der Waals surface area contributed by atoms with Crippen molar-refractivity contribution >= 4 is 33.5 Å². The molecule has 2 fully saturated rings. The first-order chi connectivity index (χ1) is 16.6. The van der Waals surface area contributed by atoms with Crippen LogP contribution in [0.1, 0.15) is 12.0 Å². The first-order valence-corrected chi connectivity index (χ1v) is 12.4. The van der Waals surface area contributed by atoms with Crippen molar-refractivity contribution in [3.05, 3.63) is 42.0 Å². The fraction of sp³-hybridized carbons (Fsp3) is 0.381. The number of hydrogen-bond donors (Lipinski definition) is 2. The maximum atomic E-state index is 14.9. The smallest absolute Gasteiger partial charge is 0.313 e. The third kappa shape index (κ3) is 5.89. The summed E-state index contributed by atoms with van der Waals surface area (Å²) in [4.78, 5) is 27.4. The Balaban J connectivity index is 1.30. The molecule has 12 nitrogen and oxygen atoms in total. The number of sulfonamides is 1. The van der Waals surface area contributed by atoms with Gasteiger partial charge in [-0.15, -0.1) is 0 Å².